The number of carbonyl (C=O) groups is 2. The molecule has 2 rings (SSSR count). The van der Waals surface area contributed by atoms with Crippen LogP contribution in [0.3, 0.4) is 0 Å². The number of nitro groups is 1. The highest BCUT2D eigenvalue weighted by Crippen LogP contribution is 2.22. The van der Waals surface area contributed by atoms with Crippen LogP contribution >= 0.6 is 0 Å². The monoisotopic (exact) mass is 359 g/mol. The molecule has 136 valence electrons. The number of nitrogens with zero attached hydrogens (tertiary/aromatic N) is 4. The Kier molecular flexibility index (Phi) is 5.45. The van der Waals surface area contributed by atoms with Gasteiger partial charge in [0.25, 0.3) is 11.6 Å². The summed E-state index contributed by atoms with van der Waals surface area (Å²) in [5, 5.41) is 17.5. The number of nitro benzene ring substituents is 1. The Bertz CT molecular complexity index is 935. The molecule has 1 heterocycles. The molecule has 0 aliphatic rings. The molecule has 2 aromatic rings. The number of carbonyl (C=O) groups excluding carboxylic acids is 2. The van der Waals surface area contributed by atoms with E-state index >= 15 is 0 Å². The molecule has 10 nitrogen and oxygen atoms in total. The van der Waals surface area contributed by atoms with Gasteiger partial charge in [0.1, 0.15) is 5.69 Å². The minimum atomic E-state index is -0.836. The molecular formula is C16H17N5O5. The fourth-order valence-corrected chi connectivity index (χ4v) is 2.14. The summed E-state index contributed by atoms with van der Waals surface area (Å²) in [4.78, 5) is 47.8. The third-order valence-corrected chi connectivity index (χ3v) is 3.53. The quantitative estimate of drug-likeness (QED) is 0.603. The number of amides is 2. The van der Waals surface area contributed by atoms with Crippen LogP contribution in [-0.4, -0.2) is 52.1 Å². The largest absolute Gasteiger partial charge is 0.347 e. The van der Waals surface area contributed by atoms with Gasteiger partial charge in [0, 0.05) is 31.9 Å². The van der Waals surface area contributed by atoms with E-state index < -0.39 is 22.0 Å². The number of nitrogens with one attached hydrogen (secondary N) is 1. The molecule has 0 aliphatic carbocycles. The topological polar surface area (TPSA) is 127 Å². The molecule has 0 saturated carbocycles. The molecule has 0 saturated heterocycles. The van der Waals surface area contributed by atoms with Gasteiger partial charge < -0.3 is 10.2 Å². The second kappa shape index (κ2) is 7.55. The number of hydrogen-bond acceptors (Lipinski definition) is 6. The average Bonchev–Trinajstić information content (AvgIpc) is 2.59. The average molecular weight is 359 g/mol. The van der Waals surface area contributed by atoms with Crippen LogP contribution in [0.25, 0.3) is 5.69 Å². The summed E-state index contributed by atoms with van der Waals surface area (Å²) in [5.41, 5.74) is -0.882. The first-order chi connectivity index (χ1) is 12.2. The van der Waals surface area contributed by atoms with Crippen LogP contribution in [0.5, 0.6) is 0 Å². The number of hydrogen-bond donors (Lipinski definition) is 1. The summed E-state index contributed by atoms with van der Waals surface area (Å²) in [7, 11) is 3.06. The van der Waals surface area contributed by atoms with Gasteiger partial charge in [-0.2, -0.15) is 5.10 Å². The maximum absolute atomic E-state index is 12.2. The maximum atomic E-state index is 12.2. The lowest BCUT2D eigenvalue weighted by Gasteiger charge is -2.12. The van der Waals surface area contributed by atoms with Crippen molar-refractivity contribution in [3.63, 3.8) is 0 Å². The highest BCUT2D eigenvalue weighted by molar-refractivity contribution is 5.94. The molecular weight excluding hydrogens is 342 g/mol. The van der Waals surface area contributed by atoms with E-state index in [-0.39, 0.29) is 23.8 Å². The van der Waals surface area contributed by atoms with Gasteiger partial charge in [-0.1, -0.05) is 12.1 Å². The lowest BCUT2D eigenvalue weighted by molar-refractivity contribution is -0.384. The summed E-state index contributed by atoms with van der Waals surface area (Å²) in [6.07, 6.45) is 0. The minimum absolute atomic E-state index is 0.119. The smallest absolute Gasteiger partial charge is 0.294 e. The molecule has 0 spiro atoms. The second-order valence-electron chi connectivity index (χ2n) is 5.63. The number of benzene rings is 1. The van der Waals surface area contributed by atoms with Gasteiger partial charge in [-0.15, -0.1) is 0 Å². The fraction of sp³-hybridized carbons (Fsp3) is 0.250. The van der Waals surface area contributed by atoms with Crippen LogP contribution in [-0.2, 0) is 4.79 Å². The van der Waals surface area contributed by atoms with Gasteiger partial charge in [0.2, 0.25) is 11.3 Å². The van der Waals surface area contributed by atoms with E-state index in [1.807, 2.05) is 0 Å². The Morgan fingerprint density at radius 1 is 1.31 bits per heavy atom. The zero-order valence-corrected chi connectivity index (χ0v) is 14.4. The first-order valence-corrected chi connectivity index (χ1v) is 7.55. The highest BCUT2D eigenvalue weighted by Gasteiger charge is 2.20. The third-order valence-electron chi connectivity index (χ3n) is 3.53. The number of aromatic nitrogens is 2. The van der Waals surface area contributed by atoms with Gasteiger partial charge in [-0.25, -0.2) is 4.68 Å². The molecule has 1 N–H and O–H groups in total. The van der Waals surface area contributed by atoms with Crippen LogP contribution < -0.4 is 10.7 Å². The first kappa shape index (κ1) is 18.8. The van der Waals surface area contributed by atoms with E-state index in [0.717, 1.165) is 10.7 Å². The molecule has 0 radical (unpaired) electrons. The number of likely N-dealkylation sites (N-methyl/N-ethyl adjacent to an activating group) is 1. The predicted molar refractivity (Wildman–Crippen MR) is 92.3 cm³/mol. The van der Waals surface area contributed by atoms with E-state index in [0.29, 0.717) is 5.69 Å². The van der Waals surface area contributed by atoms with Crippen molar-refractivity contribution < 1.29 is 14.5 Å². The van der Waals surface area contributed by atoms with Gasteiger partial charge >= 0.3 is 0 Å². The van der Waals surface area contributed by atoms with Crippen LogP contribution in [0.15, 0.2) is 35.1 Å². The summed E-state index contributed by atoms with van der Waals surface area (Å²) in [5.74, 6) is -1.19. The standard InChI is InChI=1S/C16H17N5O5/c1-10-8-13(22)15(16(24)17-9-14(23)19(2)3)18-20(10)11-6-4-5-7-12(11)21(25)26/h4-8H,9H2,1-3H3,(H,17,24). The molecule has 26 heavy (non-hydrogen) atoms. The molecule has 2 amide bonds. The Balaban J connectivity index is 2.45. The SMILES string of the molecule is Cc1cc(=O)c(C(=O)NCC(=O)N(C)C)nn1-c1ccccc1[N+](=O)[O-]. The van der Waals surface area contributed by atoms with Crippen molar-refractivity contribution in [2.75, 3.05) is 20.6 Å². The van der Waals surface area contributed by atoms with Crippen molar-refractivity contribution in [2.45, 2.75) is 6.92 Å². The van der Waals surface area contributed by atoms with Gasteiger partial charge in [-0.3, -0.25) is 24.5 Å². The summed E-state index contributed by atoms with van der Waals surface area (Å²) >= 11 is 0. The summed E-state index contributed by atoms with van der Waals surface area (Å²) in [6.45, 7) is 1.24. The van der Waals surface area contributed by atoms with E-state index in [1.165, 1.54) is 37.2 Å². The number of rotatable bonds is 5. The Hall–Kier alpha value is -3.56. The van der Waals surface area contributed by atoms with Crippen LogP contribution in [0, 0.1) is 17.0 Å². The van der Waals surface area contributed by atoms with E-state index in [4.69, 9.17) is 0 Å². The van der Waals surface area contributed by atoms with Crippen LogP contribution in [0.2, 0.25) is 0 Å². The zero-order chi connectivity index (χ0) is 19.4. The highest BCUT2D eigenvalue weighted by atomic mass is 16.6. The maximum Gasteiger partial charge on any atom is 0.294 e. The minimum Gasteiger partial charge on any atom is -0.347 e. The fourth-order valence-electron chi connectivity index (χ4n) is 2.14. The van der Waals surface area contributed by atoms with Crippen LogP contribution in [0.1, 0.15) is 16.2 Å². The Morgan fingerprint density at radius 3 is 2.58 bits per heavy atom. The van der Waals surface area contributed by atoms with Crippen molar-refractivity contribution in [3.8, 4) is 5.69 Å². The Labute approximate surface area is 148 Å². The number of aryl methyl sites for hydroxylation is 1. The summed E-state index contributed by atoms with van der Waals surface area (Å²) < 4.78 is 1.15. The van der Waals surface area contributed by atoms with E-state index in [2.05, 4.69) is 10.4 Å². The molecule has 0 bridgehead atoms. The van der Waals surface area contributed by atoms with Crippen molar-refractivity contribution in [1.82, 2.24) is 20.0 Å². The molecule has 0 unspecified atom stereocenters. The lowest BCUT2D eigenvalue weighted by atomic mass is 10.2. The van der Waals surface area contributed by atoms with Crippen molar-refractivity contribution >= 4 is 17.5 Å². The molecule has 1 aromatic heterocycles. The first-order valence-electron chi connectivity index (χ1n) is 7.55. The van der Waals surface area contributed by atoms with E-state index in [1.54, 1.807) is 13.0 Å². The van der Waals surface area contributed by atoms with Crippen molar-refractivity contribution in [1.29, 1.82) is 0 Å². The third kappa shape index (κ3) is 3.91. The lowest BCUT2D eigenvalue weighted by Crippen LogP contribution is -2.39. The van der Waals surface area contributed by atoms with Crippen LogP contribution in [0.4, 0.5) is 5.69 Å². The van der Waals surface area contributed by atoms with Gasteiger partial charge in [0.15, 0.2) is 5.69 Å². The summed E-state index contributed by atoms with van der Waals surface area (Å²) in [6, 6.07) is 6.99. The molecule has 1 aromatic carbocycles. The normalized spacial score (nSPS) is 10.3. The molecule has 0 aliphatic heterocycles. The number of para-hydroxylation sites is 2. The molecule has 0 atom stereocenters. The van der Waals surface area contributed by atoms with E-state index in [9.17, 15) is 24.5 Å². The van der Waals surface area contributed by atoms with Gasteiger partial charge in [0.05, 0.1) is 11.5 Å². The zero-order valence-electron chi connectivity index (χ0n) is 14.4. The Morgan fingerprint density at radius 2 is 1.96 bits per heavy atom. The van der Waals surface area contributed by atoms with Gasteiger partial charge in [-0.05, 0) is 13.0 Å². The predicted octanol–water partition coefficient (Wildman–Crippen LogP) is 0.267. The van der Waals surface area contributed by atoms with Crippen molar-refractivity contribution in [2.24, 2.45) is 0 Å². The van der Waals surface area contributed by atoms with Crippen molar-refractivity contribution in [3.05, 3.63) is 62.1 Å². The second-order valence-corrected chi connectivity index (χ2v) is 5.63. The molecule has 0 fully saturated rings. The molecule has 10 heteroatoms.